The molecular formula is C14H17NO2. The molecule has 1 aromatic carbocycles. The van der Waals surface area contributed by atoms with E-state index in [4.69, 9.17) is 4.42 Å². The average Bonchev–Trinajstić information content (AvgIpc) is 2.82. The third-order valence-corrected chi connectivity index (χ3v) is 2.81. The molecule has 0 amide bonds. The summed E-state index contributed by atoms with van der Waals surface area (Å²) in [6.45, 7) is 4.70. The number of phenols is 1. The molecule has 0 bridgehead atoms. The fraction of sp³-hybridized carbons (Fsp3) is 0.286. The van der Waals surface area contributed by atoms with Gasteiger partial charge in [-0.3, -0.25) is 0 Å². The Morgan fingerprint density at radius 3 is 2.88 bits per heavy atom. The van der Waals surface area contributed by atoms with Gasteiger partial charge < -0.3 is 14.8 Å². The van der Waals surface area contributed by atoms with Crippen molar-refractivity contribution in [2.75, 3.05) is 0 Å². The highest BCUT2D eigenvalue weighted by molar-refractivity contribution is 5.37. The summed E-state index contributed by atoms with van der Waals surface area (Å²) in [7, 11) is 0. The van der Waals surface area contributed by atoms with Crippen LogP contribution in [-0.2, 0) is 6.54 Å². The van der Waals surface area contributed by atoms with E-state index in [0.29, 0.717) is 12.3 Å². The summed E-state index contributed by atoms with van der Waals surface area (Å²) in [5.41, 5.74) is 2.06. The molecule has 3 nitrogen and oxygen atoms in total. The highest BCUT2D eigenvalue weighted by Crippen LogP contribution is 2.25. The second-order valence-electron chi connectivity index (χ2n) is 4.24. The molecule has 0 saturated carbocycles. The van der Waals surface area contributed by atoms with Crippen LogP contribution in [0.5, 0.6) is 5.75 Å². The molecular weight excluding hydrogens is 214 g/mol. The van der Waals surface area contributed by atoms with Crippen LogP contribution < -0.4 is 5.32 Å². The van der Waals surface area contributed by atoms with Crippen LogP contribution in [0.3, 0.4) is 0 Å². The van der Waals surface area contributed by atoms with Crippen molar-refractivity contribution in [1.29, 1.82) is 0 Å². The number of nitrogens with one attached hydrogen (secondary N) is 1. The Bertz CT molecular complexity index is 477. The molecule has 1 unspecified atom stereocenters. The quantitative estimate of drug-likeness (QED) is 0.849. The van der Waals surface area contributed by atoms with Gasteiger partial charge in [-0.15, -0.1) is 0 Å². The monoisotopic (exact) mass is 231 g/mol. The van der Waals surface area contributed by atoms with Gasteiger partial charge in [-0.1, -0.05) is 17.7 Å². The van der Waals surface area contributed by atoms with E-state index in [1.807, 2.05) is 38.1 Å². The third kappa shape index (κ3) is 2.88. The van der Waals surface area contributed by atoms with Crippen molar-refractivity contribution in [3.05, 3.63) is 53.5 Å². The summed E-state index contributed by atoms with van der Waals surface area (Å²) in [6.07, 6.45) is 1.66. The molecule has 0 spiro atoms. The van der Waals surface area contributed by atoms with Crippen LogP contribution in [0.2, 0.25) is 0 Å². The van der Waals surface area contributed by atoms with Crippen molar-refractivity contribution in [3.8, 4) is 5.75 Å². The second-order valence-corrected chi connectivity index (χ2v) is 4.24. The summed E-state index contributed by atoms with van der Waals surface area (Å²) in [5.74, 6) is 1.22. The van der Waals surface area contributed by atoms with Gasteiger partial charge in [0.25, 0.3) is 0 Å². The highest BCUT2D eigenvalue weighted by atomic mass is 16.3. The minimum Gasteiger partial charge on any atom is -0.508 e. The van der Waals surface area contributed by atoms with Crippen LogP contribution in [0, 0.1) is 6.92 Å². The SMILES string of the molecule is Cc1ccc(O)c(C(C)NCc2ccco2)c1. The maximum Gasteiger partial charge on any atom is 0.120 e. The number of hydrogen-bond acceptors (Lipinski definition) is 3. The van der Waals surface area contributed by atoms with Gasteiger partial charge >= 0.3 is 0 Å². The number of phenolic OH excluding ortho intramolecular Hbond substituents is 1. The number of benzene rings is 1. The maximum absolute atomic E-state index is 9.80. The Labute approximate surface area is 101 Å². The van der Waals surface area contributed by atoms with E-state index in [1.165, 1.54) is 0 Å². The second kappa shape index (κ2) is 5.06. The van der Waals surface area contributed by atoms with E-state index in [0.717, 1.165) is 16.9 Å². The van der Waals surface area contributed by atoms with Crippen LogP contribution in [0.15, 0.2) is 41.0 Å². The number of furan rings is 1. The first-order chi connectivity index (χ1) is 8.16. The third-order valence-electron chi connectivity index (χ3n) is 2.81. The molecule has 17 heavy (non-hydrogen) atoms. The van der Waals surface area contributed by atoms with Crippen molar-refractivity contribution in [2.24, 2.45) is 0 Å². The predicted molar refractivity (Wildman–Crippen MR) is 66.8 cm³/mol. The normalized spacial score (nSPS) is 12.6. The van der Waals surface area contributed by atoms with Crippen LogP contribution in [0.4, 0.5) is 0 Å². The lowest BCUT2D eigenvalue weighted by atomic mass is 10.0. The lowest BCUT2D eigenvalue weighted by Crippen LogP contribution is -2.17. The highest BCUT2D eigenvalue weighted by Gasteiger charge is 2.10. The molecule has 90 valence electrons. The van der Waals surface area contributed by atoms with Crippen LogP contribution in [0.1, 0.15) is 29.9 Å². The Morgan fingerprint density at radius 1 is 1.35 bits per heavy atom. The molecule has 2 rings (SSSR count). The van der Waals surface area contributed by atoms with Crippen LogP contribution in [-0.4, -0.2) is 5.11 Å². The molecule has 1 atom stereocenters. The van der Waals surface area contributed by atoms with Gasteiger partial charge in [0.2, 0.25) is 0 Å². The number of rotatable bonds is 4. The Kier molecular flexibility index (Phi) is 3.49. The molecule has 0 saturated heterocycles. The molecule has 0 fully saturated rings. The fourth-order valence-corrected chi connectivity index (χ4v) is 1.80. The first-order valence-corrected chi connectivity index (χ1v) is 5.72. The zero-order valence-corrected chi connectivity index (χ0v) is 10.1. The predicted octanol–water partition coefficient (Wildman–Crippen LogP) is 3.14. The smallest absolute Gasteiger partial charge is 0.120 e. The summed E-state index contributed by atoms with van der Waals surface area (Å²) in [5, 5.41) is 13.1. The van der Waals surface area contributed by atoms with Gasteiger partial charge in [-0.05, 0) is 32.0 Å². The first-order valence-electron chi connectivity index (χ1n) is 5.72. The van der Waals surface area contributed by atoms with E-state index < -0.39 is 0 Å². The molecule has 1 heterocycles. The number of aromatic hydroxyl groups is 1. The van der Waals surface area contributed by atoms with Crippen molar-refractivity contribution in [3.63, 3.8) is 0 Å². The van der Waals surface area contributed by atoms with E-state index in [2.05, 4.69) is 5.32 Å². The van der Waals surface area contributed by atoms with E-state index in [1.54, 1.807) is 12.3 Å². The van der Waals surface area contributed by atoms with Gasteiger partial charge in [-0.25, -0.2) is 0 Å². The minimum absolute atomic E-state index is 0.0833. The topological polar surface area (TPSA) is 45.4 Å². The molecule has 0 aliphatic carbocycles. The van der Waals surface area contributed by atoms with Gasteiger partial charge in [-0.2, -0.15) is 0 Å². The number of hydrogen-bond donors (Lipinski definition) is 2. The molecule has 3 heteroatoms. The summed E-state index contributed by atoms with van der Waals surface area (Å²) >= 11 is 0. The van der Waals surface area contributed by atoms with Crippen LogP contribution >= 0.6 is 0 Å². The molecule has 0 aliphatic rings. The van der Waals surface area contributed by atoms with Crippen molar-refractivity contribution >= 4 is 0 Å². The van der Waals surface area contributed by atoms with Gasteiger partial charge in [0, 0.05) is 11.6 Å². The maximum atomic E-state index is 9.80. The summed E-state index contributed by atoms with van der Waals surface area (Å²) < 4.78 is 5.25. The molecule has 2 aromatic rings. The number of aryl methyl sites for hydroxylation is 1. The largest absolute Gasteiger partial charge is 0.508 e. The fourth-order valence-electron chi connectivity index (χ4n) is 1.80. The van der Waals surface area contributed by atoms with E-state index in [9.17, 15) is 5.11 Å². The van der Waals surface area contributed by atoms with Crippen molar-refractivity contribution in [2.45, 2.75) is 26.4 Å². The molecule has 0 aliphatic heterocycles. The Balaban J connectivity index is 2.04. The lowest BCUT2D eigenvalue weighted by Gasteiger charge is -2.15. The zero-order chi connectivity index (χ0) is 12.3. The van der Waals surface area contributed by atoms with Gasteiger partial charge in [0.1, 0.15) is 11.5 Å². The summed E-state index contributed by atoms with van der Waals surface area (Å²) in [4.78, 5) is 0. The van der Waals surface area contributed by atoms with Gasteiger partial charge in [0.05, 0.1) is 12.8 Å². The zero-order valence-electron chi connectivity index (χ0n) is 10.1. The van der Waals surface area contributed by atoms with Crippen molar-refractivity contribution < 1.29 is 9.52 Å². The first kappa shape index (κ1) is 11.7. The Hall–Kier alpha value is -1.74. The molecule has 0 radical (unpaired) electrons. The van der Waals surface area contributed by atoms with E-state index >= 15 is 0 Å². The van der Waals surface area contributed by atoms with E-state index in [-0.39, 0.29) is 6.04 Å². The average molecular weight is 231 g/mol. The van der Waals surface area contributed by atoms with Crippen LogP contribution in [0.25, 0.3) is 0 Å². The standard InChI is InChI=1S/C14H17NO2/c1-10-5-6-14(16)13(8-10)11(2)15-9-12-4-3-7-17-12/h3-8,11,15-16H,9H2,1-2H3. The van der Waals surface area contributed by atoms with Crippen molar-refractivity contribution in [1.82, 2.24) is 5.32 Å². The summed E-state index contributed by atoms with van der Waals surface area (Å²) in [6, 6.07) is 9.50. The minimum atomic E-state index is 0.0833. The van der Waals surface area contributed by atoms with Gasteiger partial charge in [0.15, 0.2) is 0 Å². The Morgan fingerprint density at radius 2 is 2.18 bits per heavy atom. The molecule has 1 aromatic heterocycles. The molecule has 2 N–H and O–H groups in total. The lowest BCUT2D eigenvalue weighted by molar-refractivity contribution is 0.435.